The Labute approximate surface area is 140 Å². The molecule has 0 N–H and O–H groups in total. The van der Waals surface area contributed by atoms with E-state index in [0.717, 1.165) is 59.7 Å². The fourth-order valence-corrected chi connectivity index (χ4v) is 3.51. The first-order valence-corrected chi connectivity index (χ1v) is 8.40. The largest absolute Gasteiger partial charge is 0.354 e. The molecule has 120 valence electrons. The number of hydrogen-bond acceptors (Lipinski definition) is 4. The van der Waals surface area contributed by atoms with Crippen LogP contribution in [0, 0.1) is 0 Å². The summed E-state index contributed by atoms with van der Waals surface area (Å²) in [6.45, 7) is 4.21. The second-order valence-electron chi connectivity index (χ2n) is 6.50. The third-order valence-corrected chi connectivity index (χ3v) is 4.93. The second-order valence-corrected chi connectivity index (χ2v) is 6.50. The topological polar surface area (TPSA) is 36.7 Å². The molecule has 1 fully saturated rings. The van der Waals surface area contributed by atoms with E-state index < -0.39 is 0 Å². The summed E-state index contributed by atoms with van der Waals surface area (Å²) in [7, 11) is 2.17. The predicted octanol–water partition coefficient (Wildman–Crippen LogP) is 2.79. The van der Waals surface area contributed by atoms with Gasteiger partial charge in [0.1, 0.15) is 17.1 Å². The SMILES string of the molecule is CN1CCN(c2ccc3ccc4nc5ccccc5n4c3n2)CC1. The van der Waals surface area contributed by atoms with Crippen LogP contribution < -0.4 is 4.90 Å². The number of nitrogens with zero attached hydrogens (tertiary/aromatic N) is 5. The first kappa shape index (κ1) is 13.7. The summed E-state index contributed by atoms with van der Waals surface area (Å²) >= 11 is 0. The second kappa shape index (κ2) is 5.18. The van der Waals surface area contributed by atoms with Crippen LogP contribution in [0.25, 0.3) is 27.7 Å². The van der Waals surface area contributed by atoms with Crippen molar-refractivity contribution in [3.63, 3.8) is 0 Å². The van der Waals surface area contributed by atoms with Gasteiger partial charge in [-0.25, -0.2) is 9.97 Å². The fourth-order valence-electron chi connectivity index (χ4n) is 3.51. The smallest absolute Gasteiger partial charge is 0.148 e. The highest BCUT2D eigenvalue weighted by molar-refractivity contribution is 5.89. The number of anilines is 1. The predicted molar refractivity (Wildman–Crippen MR) is 97.7 cm³/mol. The summed E-state index contributed by atoms with van der Waals surface area (Å²) < 4.78 is 2.17. The molecule has 1 aliphatic rings. The van der Waals surface area contributed by atoms with E-state index in [1.807, 2.05) is 6.07 Å². The van der Waals surface area contributed by atoms with Crippen molar-refractivity contribution in [2.75, 3.05) is 38.1 Å². The van der Waals surface area contributed by atoms with Crippen LogP contribution in [-0.4, -0.2) is 52.5 Å². The summed E-state index contributed by atoms with van der Waals surface area (Å²) in [5.41, 5.74) is 4.06. The normalized spacial score (nSPS) is 16.5. The van der Waals surface area contributed by atoms with Crippen molar-refractivity contribution in [2.45, 2.75) is 0 Å². The Morgan fingerprint density at radius 3 is 2.50 bits per heavy atom. The van der Waals surface area contributed by atoms with Crippen molar-refractivity contribution < 1.29 is 0 Å². The van der Waals surface area contributed by atoms with E-state index in [1.54, 1.807) is 0 Å². The minimum atomic E-state index is 0.951. The van der Waals surface area contributed by atoms with Crippen molar-refractivity contribution in [1.29, 1.82) is 0 Å². The first-order valence-electron chi connectivity index (χ1n) is 8.40. The molecule has 4 heterocycles. The number of piperazine rings is 1. The highest BCUT2D eigenvalue weighted by Gasteiger charge is 2.16. The molecule has 0 saturated carbocycles. The lowest BCUT2D eigenvalue weighted by atomic mass is 10.2. The molecule has 4 aromatic rings. The summed E-state index contributed by atoms with van der Waals surface area (Å²) in [4.78, 5) is 14.5. The van der Waals surface area contributed by atoms with E-state index in [0.29, 0.717) is 0 Å². The number of pyridine rings is 2. The van der Waals surface area contributed by atoms with E-state index in [4.69, 9.17) is 9.97 Å². The average Bonchev–Trinajstić information content (AvgIpc) is 3.01. The molecule has 1 aromatic carbocycles. The number of likely N-dealkylation sites (N-methyl/N-ethyl adjacent to an activating group) is 1. The molecule has 0 unspecified atom stereocenters. The molecule has 0 aliphatic carbocycles. The van der Waals surface area contributed by atoms with Crippen LogP contribution in [0.1, 0.15) is 0 Å². The van der Waals surface area contributed by atoms with Gasteiger partial charge in [-0.15, -0.1) is 0 Å². The molecule has 0 amide bonds. The van der Waals surface area contributed by atoms with E-state index >= 15 is 0 Å². The van der Waals surface area contributed by atoms with Gasteiger partial charge in [-0.1, -0.05) is 12.1 Å². The minimum absolute atomic E-state index is 0.951. The average molecular weight is 317 g/mol. The van der Waals surface area contributed by atoms with Gasteiger partial charge in [0.05, 0.1) is 11.0 Å². The van der Waals surface area contributed by atoms with E-state index in [2.05, 4.69) is 63.7 Å². The van der Waals surface area contributed by atoms with E-state index in [9.17, 15) is 0 Å². The summed E-state index contributed by atoms with van der Waals surface area (Å²) in [6, 6.07) is 16.7. The lowest BCUT2D eigenvalue weighted by Gasteiger charge is -2.33. The van der Waals surface area contributed by atoms with Gasteiger partial charge in [-0.2, -0.15) is 0 Å². The first-order chi connectivity index (χ1) is 11.8. The zero-order valence-corrected chi connectivity index (χ0v) is 13.7. The summed E-state index contributed by atoms with van der Waals surface area (Å²) in [6.07, 6.45) is 0. The highest BCUT2D eigenvalue weighted by atomic mass is 15.3. The standard InChI is InChI=1S/C19H19N5/c1-22-10-12-23(13-11-22)17-8-6-14-7-9-18-20-15-4-2-3-5-16(15)24(18)19(14)21-17/h2-9H,10-13H2,1H3. The molecule has 1 aliphatic heterocycles. The molecule has 0 atom stereocenters. The summed E-state index contributed by atoms with van der Waals surface area (Å²) in [5, 5.41) is 1.14. The lowest BCUT2D eigenvalue weighted by molar-refractivity contribution is 0.312. The maximum atomic E-state index is 5.00. The van der Waals surface area contributed by atoms with Crippen LogP contribution in [0.2, 0.25) is 0 Å². The van der Waals surface area contributed by atoms with Gasteiger partial charge in [-0.05, 0) is 43.4 Å². The Kier molecular flexibility index (Phi) is 2.97. The highest BCUT2D eigenvalue weighted by Crippen LogP contribution is 2.24. The maximum Gasteiger partial charge on any atom is 0.148 e. The minimum Gasteiger partial charge on any atom is -0.354 e. The maximum absolute atomic E-state index is 5.00. The van der Waals surface area contributed by atoms with Crippen LogP contribution in [0.4, 0.5) is 5.82 Å². The lowest BCUT2D eigenvalue weighted by Crippen LogP contribution is -2.44. The van der Waals surface area contributed by atoms with Gasteiger partial charge in [0.25, 0.3) is 0 Å². The number of benzene rings is 1. The van der Waals surface area contributed by atoms with Crippen LogP contribution in [-0.2, 0) is 0 Å². The van der Waals surface area contributed by atoms with Crippen molar-refractivity contribution >= 4 is 33.5 Å². The molecule has 0 spiro atoms. The van der Waals surface area contributed by atoms with Crippen LogP contribution >= 0.6 is 0 Å². The quantitative estimate of drug-likeness (QED) is 0.541. The van der Waals surface area contributed by atoms with Gasteiger partial charge in [0, 0.05) is 31.6 Å². The van der Waals surface area contributed by atoms with Gasteiger partial charge < -0.3 is 9.80 Å². The van der Waals surface area contributed by atoms with Crippen molar-refractivity contribution in [3.05, 3.63) is 48.5 Å². The van der Waals surface area contributed by atoms with Crippen LogP contribution in [0.15, 0.2) is 48.5 Å². The number of fused-ring (bicyclic) bond motifs is 5. The Bertz CT molecular complexity index is 1040. The molecular weight excluding hydrogens is 298 g/mol. The Balaban J connectivity index is 1.73. The van der Waals surface area contributed by atoms with Crippen LogP contribution in [0.3, 0.4) is 0 Å². The molecule has 5 heteroatoms. The Hall–Kier alpha value is -2.66. The van der Waals surface area contributed by atoms with E-state index in [-0.39, 0.29) is 0 Å². The molecular formula is C19H19N5. The molecule has 3 aromatic heterocycles. The van der Waals surface area contributed by atoms with Crippen molar-refractivity contribution in [2.24, 2.45) is 0 Å². The van der Waals surface area contributed by atoms with Gasteiger partial charge >= 0.3 is 0 Å². The van der Waals surface area contributed by atoms with Gasteiger partial charge in [-0.3, -0.25) is 4.40 Å². The van der Waals surface area contributed by atoms with Gasteiger partial charge in [0.15, 0.2) is 0 Å². The number of imidazole rings is 1. The monoisotopic (exact) mass is 317 g/mol. The molecule has 5 nitrogen and oxygen atoms in total. The summed E-state index contributed by atoms with van der Waals surface area (Å²) in [5.74, 6) is 1.06. The van der Waals surface area contributed by atoms with Crippen molar-refractivity contribution in [3.8, 4) is 0 Å². The van der Waals surface area contributed by atoms with Gasteiger partial charge in [0.2, 0.25) is 0 Å². The Morgan fingerprint density at radius 2 is 1.62 bits per heavy atom. The van der Waals surface area contributed by atoms with Crippen LogP contribution in [0.5, 0.6) is 0 Å². The third kappa shape index (κ3) is 2.05. The molecule has 1 saturated heterocycles. The molecule has 0 radical (unpaired) electrons. The third-order valence-electron chi connectivity index (χ3n) is 4.93. The fraction of sp³-hybridized carbons (Fsp3) is 0.263. The molecule has 0 bridgehead atoms. The molecule has 5 rings (SSSR count). The number of hydrogen-bond donors (Lipinski definition) is 0. The van der Waals surface area contributed by atoms with Crippen molar-refractivity contribution in [1.82, 2.24) is 19.3 Å². The number of aromatic nitrogens is 3. The zero-order chi connectivity index (χ0) is 16.1. The molecule has 24 heavy (non-hydrogen) atoms. The number of para-hydroxylation sites is 2. The Morgan fingerprint density at radius 1 is 0.833 bits per heavy atom. The van der Waals surface area contributed by atoms with E-state index in [1.165, 1.54) is 0 Å². The number of rotatable bonds is 1. The zero-order valence-electron chi connectivity index (χ0n) is 13.7.